The molecule has 2 atom stereocenters. The number of carbonyl (C=O) groups is 3. The highest BCUT2D eigenvalue weighted by molar-refractivity contribution is 8.06. The van der Waals surface area contributed by atoms with E-state index in [4.69, 9.17) is 9.25 Å². The molecule has 0 spiro atoms. The fraction of sp³-hybridized carbons (Fsp3) is 0.208. The van der Waals surface area contributed by atoms with Crippen molar-refractivity contribution in [3.05, 3.63) is 71.4 Å². The van der Waals surface area contributed by atoms with Crippen molar-refractivity contribution in [3.8, 4) is 11.4 Å². The van der Waals surface area contributed by atoms with Gasteiger partial charge in [-0.25, -0.2) is 9.78 Å². The van der Waals surface area contributed by atoms with Crippen molar-refractivity contribution >= 4 is 47.0 Å². The number of oxime groups is 1. The zero-order valence-corrected chi connectivity index (χ0v) is 21.3. The number of nitrogens with zero attached hydrogens (tertiary/aromatic N) is 4. The van der Waals surface area contributed by atoms with E-state index in [9.17, 15) is 19.5 Å². The number of furan rings is 1. The van der Waals surface area contributed by atoms with Crippen molar-refractivity contribution < 1.29 is 28.7 Å². The lowest BCUT2D eigenvalue weighted by molar-refractivity contribution is -0.150. The second kappa shape index (κ2) is 10.2. The summed E-state index contributed by atoms with van der Waals surface area (Å²) in [4.78, 5) is 49.7. The van der Waals surface area contributed by atoms with Crippen LogP contribution in [-0.4, -0.2) is 67.3 Å². The van der Waals surface area contributed by atoms with Gasteiger partial charge < -0.3 is 24.2 Å². The zero-order valence-electron chi connectivity index (χ0n) is 19.7. The number of thioether (sulfide) groups is 2. The van der Waals surface area contributed by atoms with Crippen LogP contribution >= 0.6 is 23.5 Å². The van der Waals surface area contributed by atoms with Gasteiger partial charge in [0.1, 0.15) is 30.0 Å². The molecule has 190 valence electrons. The van der Waals surface area contributed by atoms with Crippen molar-refractivity contribution in [3.63, 3.8) is 0 Å². The Bertz CT molecular complexity index is 1410. The lowest BCUT2D eigenvalue weighted by atomic mass is 10.0. The van der Waals surface area contributed by atoms with Crippen LogP contribution in [0, 0.1) is 0 Å². The normalized spacial score (nSPS) is 19.4. The van der Waals surface area contributed by atoms with Gasteiger partial charge in [0.05, 0.1) is 6.26 Å². The number of β-lactam (4-membered cyclic amide) rings is 1. The Labute approximate surface area is 219 Å². The Morgan fingerprint density at radius 3 is 2.70 bits per heavy atom. The first-order chi connectivity index (χ1) is 17.9. The van der Waals surface area contributed by atoms with E-state index < -0.39 is 29.2 Å². The van der Waals surface area contributed by atoms with E-state index in [1.54, 1.807) is 18.3 Å². The van der Waals surface area contributed by atoms with Gasteiger partial charge in [0.25, 0.3) is 11.8 Å². The van der Waals surface area contributed by atoms with E-state index in [2.05, 4.69) is 15.5 Å². The number of aryl methyl sites for hydroxylation is 1. The molecule has 1 saturated heterocycles. The van der Waals surface area contributed by atoms with Crippen molar-refractivity contribution in [2.45, 2.75) is 16.3 Å². The predicted molar refractivity (Wildman–Crippen MR) is 136 cm³/mol. The molecule has 2 aliphatic heterocycles. The van der Waals surface area contributed by atoms with Gasteiger partial charge >= 0.3 is 5.97 Å². The van der Waals surface area contributed by atoms with E-state index in [0.29, 0.717) is 10.7 Å². The third kappa shape index (κ3) is 4.62. The van der Waals surface area contributed by atoms with Gasteiger partial charge in [-0.1, -0.05) is 29.1 Å². The van der Waals surface area contributed by atoms with Crippen molar-refractivity contribution in [2.24, 2.45) is 12.2 Å². The number of carboxylic acids is 1. The van der Waals surface area contributed by atoms with E-state index >= 15 is 0 Å². The molecule has 1 aromatic carbocycles. The molecular formula is C24H21N5O6S2. The molecule has 0 radical (unpaired) electrons. The summed E-state index contributed by atoms with van der Waals surface area (Å²) in [5.74, 6) is -1.01. The molecule has 2 amide bonds. The summed E-state index contributed by atoms with van der Waals surface area (Å²) in [5, 5.41) is 15.7. The number of hydrogen-bond donors (Lipinski definition) is 2. The van der Waals surface area contributed by atoms with Crippen LogP contribution < -0.4 is 5.32 Å². The SMILES string of the molecule is CO/N=C(\C(=O)N[C@@H]1C(=O)N2C(C(=O)O)=C(Sc3ccc(-c4nccn4C)cc3)CS[C@H]12)c1ccco1. The van der Waals surface area contributed by atoms with Crippen LogP contribution in [-0.2, 0) is 26.3 Å². The van der Waals surface area contributed by atoms with Crippen molar-refractivity contribution in [1.82, 2.24) is 19.8 Å². The largest absolute Gasteiger partial charge is 0.477 e. The number of aliphatic carboxylic acids is 1. The lowest BCUT2D eigenvalue weighted by Crippen LogP contribution is -2.71. The van der Waals surface area contributed by atoms with Crippen LogP contribution in [0.2, 0.25) is 0 Å². The molecule has 5 rings (SSSR count). The van der Waals surface area contributed by atoms with Gasteiger partial charge in [-0.2, -0.15) is 0 Å². The Kier molecular flexibility index (Phi) is 6.80. The summed E-state index contributed by atoms with van der Waals surface area (Å²) in [6, 6.07) is 9.85. The molecule has 4 heterocycles. The molecule has 3 aromatic rings. The summed E-state index contributed by atoms with van der Waals surface area (Å²) in [7, 11) is 3.20. The highest BCUT2D eigenvalue weighted by Gasteiger charge is 2.54. The third-order valence-electron chi connectivity index (χ3n) is 5.75. The molecule has 2 aliphatic rings. The fourth-order valence-corrected chi connectivity index (χ4v) is 6.51. The molecule has 0 unspecified atom stereocenters. The molecule has 0 aliphatic carbocycles. The first-order valence-electron chi connectivity index (χ1n) is 11.0. The van der Waals surface area contributed by atoms with E-state index in [0.717, 1.165) is 16.3 Å². The highest BCUT2D eigenvalue weighted by atomic mass is 32.2. The molecule has 13 heteroatoms. The lowest BCUT2D eigenvalue weighted by Gasteiger charge is -2.49. The molecule has 2 aromatic heterocycles. The minimum absolute atomic E-state index is 0.0748. The third-order valence-corrected chi connectivity index (χ3v) is 8.30. The summed E-state index contributed by atoms with van der Waals surface area (Å²) in [6.07, 6.45) is 4.97. The monoisotopic (exact) mass is 539 g/mol. The van der Waals surface area contributed by atoms with Gasteiger partial charge in [-0.15, -0.1) is 11.8 Å². The van der Waals surface area contributed by atoms with Gasteiger partial charge in [-0.3, -0.25) is 14.5 Å². The Morgan fingerprint density at radius 2 is 2.08 bits per heavy atom. The summed E-state index contributed by atoms with van der Waals surface area (Å²) in [6.45, 7) is 0. The number of imidazole rings is 1. The van der Waals surface area contributed by atoms with Crippen LogP contribution in [0.4, 0.5) is 0 Å². The van der Waals surface area contributed by atoms with Gasteiger partial charge in [-0.05, 0) is 24.3 Å². The maximum Gasteiger partial charge on any atom is 0.353 e. The number of fused-ring (bicyclic) bond motifs is 1. The van der Waals surface area contributed by atoms with E-state index in [1.807, 2.05) is 42.1 Å². The Morgan fingerprint density at radius 1 is 1.30 bits per heavy atom. The molecule has 2 N–H and O–H groups in total. The number of benzene rings is 1. The second-order valence-corrected chi connectivity index (χ2v) is 10.3. The summed E-state index contributed by atoms with van der Waals surface area (Å²) >= 11 is 2.68. The topological polar surface area (TPSA) is 139 Å². The predicted octanol–water partition coefficient (Wildman–Crippen LogP) is 2.52. The molecule has 1 fully saturated rings. The average molecular weight is 540 g/mol. The number of hydrogen-bond acceptors (Lipinski definition) is 9. The van der Waals surface area contributed by atoms with Crippen LogP contribution in [0.5, 0.6) is 0 Å². The van der Waals surface area contributed by atoms with Gasteiger partial charge in [0.2, 0.25) is 5.71 Å². The number of carbonyl (C=O) groups excluding carboxylic acids is 2. The van der Waals surface area contributed by atoms with E-state index in [1.165, 1.54) is 41.8 Å². The number of carboxylic acid groups (broad SMARTS) is 1. The van der Waals surface area contributed by atoms with Crippen LogP contribution in [0.1, 0.15) is 5.76 Å². The van der Waals surface area contributed by atoms with Gasteiger partial charge in [0, 0.05) is 40.6 Å². The maximum atomic E-state index is 13.0. The molecule has 0 saturated carbocycles. The highest BCUT2D eigenvalue weighted by Crippen LogP contribution is 2.45. The minimum atomic E-state index is -1.20. The number of aromatic nitrogens is 2. The zero-order chi connectivity index (χ0) is 26.1. The fourth-order valence-electron chi connectivity index (χ4n) is 4.04. The quantitative estimate of drug-likeness (QED) is 0.251. The standard InChI is InChI=1S/C24H21N5O6S2/c1-28-10-9-25-20(28)13-5-7-14(8-6-13)37-16-12-36-23-18(22(31)29(23)19(16)24(32)33)26-21(30)17(27-34-2)15-4-3-11-35-15/h3-11,18,23H,12H2,1-2H3,(H,26,30)(H,32,33)/b27-17-/t18-,23-/m1/s1. The van der Waals surface area contributed by atoms with Crippen molar-refractivity contribution in [1.29, 1.82) is 0 Å². The summed E-state index contributed by atoms with van der Waals surface area (Å²) < 4.78 is 7.14. The second-order valence-electron chi connectivity index (χ2n) is 8.03. The smallest absolute Gasteiger partial charge is 0.353 e. The average Bonchev–Trinajstić information content (AvgIpc) is 3.58. The number of amides is 2. The summed E-state index contributed by atoms with van der Waals surface area (Å²) in [5.41, 5.74) is 0.734. The van der Waals surface area contributed by atoms with E-state index in [-0.39, 0.29) is 17.2 Å². The molecule has 37 heavy (non-hydrogen) atoms. The number of nitrogens with one attached hydrogen (secondary N) is 1. The van der Waals surface area contributed by atoms with Crippen LogP contribution in [0.15, 0.2) is 80.1 Å². The molecule has 11 nitrogen and oxygen atoms in total. The van der Waals surface area contributed by atoms with Gasteiger partial charge in [0.15, 0.2) is 5.76 Å². The first-order valence-corrected chi connectivity index (χ1v) is 12.9. The van der Waals surface area contributed by atoms with Crippen LogP contribution in [0.25, 0.3) is 11.4 Å². The maximum absolute atomic E-state index is 13.0. The molecule has 0 bridgehead atoms. The van der Waals surface area contributed by atoms with Crippen molar-refractivity contribution in [2.75, 3.05) is 12.9 Å². The first kappa shape index (κ1) is 24.7. The Hall–Kier alpha value is -3.97. The Balaban J connectivity index is 1.32. The van der Waals surface area contributed by atoms with Crippen LogP contribution in [0.3, 0.4) is 0 Å². The number of rotatable bonds is 8. The minimum Gasteiger partial charge on any atom is -0.477 e. The molecular weight excluding hydrogens is 518 g/mol.